The number of hydrogen-bond donors (Lipinski definition) is 1. The van der Waals surface area contributed by atoms with Crippen LogP contribution < -0.4 is 10.8 Å². The Hall–Kier alpha value is -0.700. The Labute approximate surface area is 48.8 Å². The molecule has 1 unspecified atom stereocenters. The van der Waals surface area contributed by atoms with E-state index in [-0.39, 0.29) is 12.0 Å². The second-order valence-electron chi connectivity index (χ2n) is 1.55. The lowest BCUT2D eigenvalue weighted by Crippen LogP contribution is -2.16. The second-order valence-corrected chi connectivity index (χ2v) is 1.55. The predicted octanol–water partition coefficient (Wildman–Crippen LogP) is -0.818. The second kappa shape index (κ2) is 3.32. The van der Waals surface area contributed by atoms with Crippen LogP contribution in [0.15, 0.2) is 12.0 Å². The fourth-order valence-corrected chi connectivity index (χ4v) is 0.283. The summed E-state index contributed by atoms with van der Waals surface area (Å²) in [5, 5.41) is 10.3. The Balaban J connectivity index is 3.56. The largest absolute Gasteiger partial charge is 0.617 e. The van der Waals surface area contributed by atoms with E-state index in [1.807, 2.05) is 0 Å². The maximum atomic E-state index is 10.3. The average Bonchev–Trinajstić information content (AvgIpc) is 1.65. The van der Waals surface area contributed by atoms with Crippen molar-refractivity contribution in [2.45, 2.75) is 13.0 Å². The van der Waals surface area contributed by atoms with Crippen LogP contribution in [0, 0.1) is 0 Å². The molecule has 0 fully saturated rings. The molecule has 0 aromatic heterocycles. The van der Waals surface area contributed by atoms with Crippen molar-refractivity contribution in [3.05, 3.63) is 12.0 Å². The van der Waals surface area contributed by atoms with Gasteiger partial charge in [0.05, 0.1) is 0 Å². The third-order valence-corrected chi connectivity index (χ3v) is 0.600. The molecule has 48 valence electrons. The number of nitrogens with two attached hydrogens (primary N) is 1. The van der Waals surface area contributed by atoms with E-state index >= 15 is 0 Å². The Morgan fingerprint density at radius 2 is 2.38 bits per heavy atom. The summed E-state index contributed by atoms with van der Waals surface area (Å²) in [7, 11) is 1.32. The Morgan fingerprint density at radius 3 is 2.50 bits per heavy atom. The first-order valence-electron chi connectivity index (χ1n) is 2.35. The minimum atomic E-state index is -0.375. The molecule has 0 aliphatic rings. The van der Waals surface area contributed by atoms with Gasteiger partial charge in [-0.3, -0.25) is 0 Å². The lowest BCUT2D eigenvalue weighted by molar-refractivity contribution is -0.353. The van der Waals surface area contributed by atoms with Crippen molar-refractivity contribution in [3.8, 4) is 0 Å². The SMILES string of the molecule is COC([O-])=CC(C)N. The first-order chi connectivity index (χ1) is 3.66. The van der Waals surface area contributed by atoms with E-state index in [0.29, 0.717) is 0 Å². The smallest absolute Gasteiger partial charge is 0.0484 e. The van der Waals surface area contributed by atoms with Gasteiger partial charge in [-0.2, -0.15) is 0 Å². The van der Waals surface area contributed by atoms with Gasteiger partial charge in [-0.25, -0.2) is 0 Å². The van der Waals surface area contributed by atoms with Crippen LogP contribution in [-0.4, -0.2) is 13.2 Å². The van der Waals surface area contributed by atoms with Crippen LogP contribution >= 0.6 is 0 Å². The van der Waals surface area contributed by atoms with Gasteiger partial charge in [-0.1, -0.05) is 0 Å². The summed E-state index contributed by atoms with van der Waals surface area (Å²) >= 11 is 0. The first kappa shape index (κ1) is 7.30. The van der Waals surface area contributed by atoms with Crippen molar-refractivity contribution in [3.63, 3.8) is 0 Å². The Kier molecular flexibility index (Phi) is 3.03. The molecule has 3 heteroatoms. The van der Waals surface area contributed by atoms with E-state index in [9.17, 15) is 5.11 Å². The number of methoxy groups -OCH3 is 1. The van der Waals surface area contributed by atoms with Gasteiger partial charge in [0.2, 0.25) is 0 Å². The maximum absolute atomic E-state index is 10.3. The van der Waals surface area contributed by atoms with E-state index < -0.39 is 0 Å². The molecule has 0 aliphatic carbocycles. The van der Waals surface area contributed by atoms with Crippen molar-refractivity contribution in [1.82, 2.24) is 0 Å². The molecule has 0 amide bonds. The molecular weight excluding hydrogens is 106 g/mol. The van der Waals surface area contributed by atoms with Crippen LogP contribution in [-0.2, 0) is 4.74 Å². The predicted molar refractivity (Wildman–Crippen MR) is 28.7 cm³/mol. The third-order valence-electron chi connectivity index (χ3n) is 0.600. The van der Waals surface area contributed by atoms with Gasteiger partial charge in [0.25, 0.3) is 0 Å². The maximum Gasteiger partial charge on any atom is 0.0484 e. The summed E-state index contributed by atoms with van der Waals surface area (Å²) in [6, 6.07) is -0.220. The fraction of sp³-hybridized carbons (Fsp3) is 0.600. The van der Waals surface area contributed by atoms with Gasteiger partial charge >= 0.3 is 0 Å². The van der Waals surface area contributed by atoms with Crippen molar-refractivity contribution in [2.75, 3.05) is 7.11 Å². The van der Waals surface area contributed by atoms with Crippen molar-refractivity contribution >= 4 is 0 Å². The molecule has 0 radical (unpaired) electrons. The fourth-order valence-electron chi connectivity index (χ4n) is 0.283. The Morgan fingerprint density at radius 1 is 1.88 bits per heavy atom. The zero-order chi connectivity index (χ0) is 6.57. The molecule has 0 aromatic carbocycles. The van der Waals surface area contributed by atoms with Gasteiger partial charge in [-0.05, 0) is 20.1 Å². The molecule has 1 atom stereocenters. The highest BCUT2D eigenvalue weighted by Gasteiger charge is 1.82. The average molecular weight is 116 g/mol. The lowest BCUT2D eigenvalue weighted by Gasteiger charge is -2.08. The van der Waals surface area contributed by atoms with E-state index in [1.165, 1.54) is 13.2 Å². The minimum absolute atomic E-state index is 0.220. The molecule has 0 bridgehead atoms. The van der Waals surface area contributed by atoms with Crippen LogP contribution in [0.5, 0.6) is 0 Å². The van der Waals surface area contributed by atoms with E-state index in [1.54, 1.807) is 6.92 Å². The van der Waals surface area contributed by atoms with Crippen LogP contribution in [0.3, 0.4) is 0 Å². The van der Waals surface area contributed by atoms with Gasteiger partial charge < -0.3 is 15.6 Å². The topological polar surface area (TPSA) is 58.3 Å². The first-order valence-corrected chi connectivity index (χ1v) is 2.35. The highest BCUT2D eigenvalue weighted by Crippen LogP contribution is 1.84. The summed E-state index contributed by atoms with van der Waals surface area (Å²) < 4.78 is 4.29. The molecule has 0 saturated heterocycles. The lowest BCUT2D eigenvalue weighted by atomic mass is 10.4. The number of rotatable bonds is 2. The van der Waals surface area contributed by atoms with Crippen LogP contribution in [0.25, 0.3) is 0 Å². The zero-order valence-corrected chi connectivity index (χ0v) is 5.05. The molecule has 2 N–H and O–H groups in total. The summed E-state index contributed by atoms with van der Waals surface area (Å²) in [6.07, 6.45) is 1.31. The molecule has 3 nitrogen and oxygen atoms in total. The summed E-state index contributed by atoms with van der Waals surface area (Å²) in [5.41, 5.74) is 5.21. The summed E-state index contributed by atoms with van der Waals surface area (Å²) in [5.74, 6) is -0.375. The molecule has 0 heterocycles. The van der Waals surface area contributed by atoms with Crippen LogP contribution in [0.2, 0.25) is 0 Å². The number of hydrogen-bond acceptors (Lipinski definition) is 3. The third kappa shape index (κ3) is 3.49. The van der Waals surface area contributed by atoms with Gasteiger partial charge in [0.15, 0.2) is 0 Å². The van der Waals surface area contributed by atoms with E-state index in [4.69, 9.17) is 5.73 Å². The summed E-state index contributed by atoms with van der Waals surface area (Å²) in [4.78, 5) is 0. The van der Waals surface area contributed by atoms with Crippen LogP contribution in [0.1, 0.15) is 6.92 Å². The van der Waals surface area contributed by atoms with Crippen molar-refractivity contribution in [1.29, 1.82) is 0 Å². The molecule has 0 rings (SSSR count). The van der Waals surface area contributed by atoms with Gasteiger partial charge in [-0.15, -0.1) is 0 Å². The molecular formula is C5H10NO2-. The number of ether oxygens (including phenoxy) is 1. The molecule has 0 spiro atoms. The molecule has 0 saturated carbocycles. The molecule has 0 aromatic rings. The van der Waals surface area contributed by atoms with E-state index in [0.717, 1.165) is 0 Å². The standard InChI is InChI=1S/C5H11NO2/c1-4(6)3-5(7)8-2/h3-4,7H,6H2,1-2H3/p-1. The van der Waals surface area contributed by atoms with Gasteiger partial charge in [0, 0.05) is 12.0 Å². The minimum Gasteiger partial charge on any atom is -0.617 e. The highest BCUT2D eigenvalue weighted by molar-refractivity contribution is 4.87. The molecule has 8 heavy (non-hydrogen) atoms. The van der Waals surface area contributed by atoms with Crippen molar-refractivity contribution in [2.24, 2.45) is 5.73 Å². The summed E-state index contributed by atoms with van der Waals surface area (Å²) in [6.45, 7) is 1.71. The van der Waals surface area contributed by atoms with Gasteiger partial charge in [0.1, 0.15) is 0 Å². The normalized spacial score (nSPS) is 15.6. The van der Waals surface area contributed by atoms with Crippen molar-refractivity contribution < 1.29 is 9.84 Å². The van der Waals surface area contributed by atoms with Crippen LogP contribution in [0.4, 0.5) is 0 Å². The Bertz CT molecular complexity index is 88.4. The highest BCUT2D eigenvalue weighted by atomic mass is 16.6. The zero-order valence-electron chi connectivity index (χ0n) is 5.05. The monoisotopic (exact) mass is 116 g/mol. The van der Waals surface area contributed by atoms with E-state index in [2.05, 4.69) is 4.74 Å². The quantitative estimate of drug-likeness (QED) is 0.479. The molecule has 0 aliphatic heterocycles.